The Balaban J connectivity index is 1.79. The van der Waals surface area contributed by atoms with Crippen molar-refractivity contribution in [2.24, 2.45) is 0 Å². The highest BCUT2D eigenvalue weighted by molar-refractivity contribution is 6.34. The highest BCUT2D eigenvalue weighted by Crippen LogP contribution is 2.28. The largest absolute Gasteiger partial charge is 0.497 e. The fourth-order valence-corrected chi connectivity index (χ4v) is 3.31. The number of rotatable bonds is 7. The van der Waals surface area contributed by atoms with Gasteiger partial charge < -0.3 is 19.7 Å². The van der Waals surface area contributed by atoms with Gasteiger partial charge in [-0.25, -0.2) is 0 Å². The zero-order chi connectivity index (χ0) is 22.4. The van der Waals surface area contributed by atoms with Crippen LogP contribution in [0.5, 0.6) is 11.5 Å². The third-order valence-electron chi connectivity index (χ3n) is 4.76. The van der Waals surface area contributed by atoms with Crippen LogP contribution >= 0.6 is 11.6 Å². The van der Waals surface area contributed by atoms with Crippen molar-refractivity contribution >= 4 is 29.1 Å². The number of benzene rings is 3. The van der Waals surface area contributed by atoms with Crippen molar-refractivity contribution in [2.75, 3.05) is 26.6 Å². The average Bonchev–Trinajstić information content (AvgIpc) is 2.80. The monoisotopic (exact) mass is 438 g/mol. The summed E-state index contributed by atoms with van der Waals surface area (Å²) in [5, 5.41) is 3.26. The molecule has 0 spiro atoms. The Morgan fingerprint density at radius 2 is 1.58 bits per heavy atom. The molecule has 0 saturated heterocycles. The van der Waals surface area contributed by atoms with Gasteiger partial charge in [0.1, 0.15) is 11.5 Å². The molecule has 0 atom stereocenters. The Labute approximate surface area is 186 Å². The topological polar surface area (TPSA) is 67.9 Å². The number of methoxy groups -OCH3 is 2. The molecule has 1 N–H and O–H groups in total. The van der Waals surface area contributed by atoms with E-state index in [9.17, 15) is 9.59 Å². The average molecular weight is 439 g/mol. The number of nitrogens with zero attached hydrogens (tertiary/aromatic N) is 1. The lowest BCUT2D eigenvalue weighted by molar-refractivity contribution is 0.0785. The number of carbonyl (C=O) groups is 2. The summed E-state index contributed by atoms with van der Waals surface area (Å²) in [5.74, 6) is 0.784. The summed E-state index contributed by atoms with van der Waals surface area (Å²) >= 11 is 6.37. The van der Waals surface area contributed by atoms with E-state index in [-0.39, 0.29) is 18.4 Å². The number of para-hydroxylation sites is 1. The van der Waals surface area contributed by atoms with Gasteiger partial charge in [0.05, 0.1) is 24.9 Å². The molecule has 7 heteroatoms. The number of nitrogens with one attached hydrogen (secondary N) is 1. The Hall–Kier alpha value is -3.51. The molecule has 6 nitrogen and oxygen atoms in total. The van der Waals surface area contributed by atoms with Crippen LogP contribution in [-0.2, 0) is 6.54 Å². The predicted molar refractivity (Wildman–Crippen MR) is 121 cm³/mol. The van der Waals surface area contributed by atoms with Gasteiger partial charge in [-0.3, -0.25) is 9.59 Å². The molecule has 0 unspecified atom stereocenters. The normalized spacial score (nSPS) is 10.3. The Kier molecular flexibility index (Phi) is 7.15. The van der Waals surface area contributed by atoms with Crippen molar-refractivity contribution in [3.63, 3.8) is 0 Å². The van der Waals surface area contributed by atoms with Crippen LogP contribution in [0.3, 0.4) is 0 Å². The third-order valence-corrected chi connectivity index (χ3v) is 5.08. The van der Waals surface area contributed by atoms with Crippen molar-refractivity contribution < 1.29 is 19.1 Å². The number of anilines is 1. The summed E-state index contributed by atoms with van der Waals surface area (Å²) in [6.45, 7) is 0.259. The van der Waals surface area contributed by atoms with Crippen LogP contribution in [0.25, 0.3) is 0 Å². The molecule has 0 fully saturated rings. The molecular formula is C24H23ClN2O4. The molecule has 31 heavy (non-hydrogen) atoms. The van der Waals surface area contributed by atoms with Crippen molar-refractivity contribution in [1.29, 1.82) is 0 Å². The smallest absolute Gasteiger partial charge is 0.255 e. The summed E-state index contributed by atoms with van der Waals surface area (Å²) in [5.41, 5.74) is 2.16. The zero-order valence-corrected chi connectivity index (χ0v) is 18.3. The van der Waals surface area contributed by atoms with Crippen LogP contribution in [-0.4, -0.2) is 38.0 Å². The van der Waals surface area contributed by atoms with Gasteiger partial charge >= 0.3 is 0 Å². The first kappa shape index (κ1) is 22.2. The van der Waals surface area contributed by atoms with E-state index in [0.29, 0.717) is 38.9 Å². The van der Waals surface area contributed by atoms with Gasteiger partial charge in [-0.1, -0.05) is 29.8 Å². The lowest BCUT2D eigenvalue weighted by Gasteiger charge is -2.20. The molecule has 0 aliphatic heterocycles. The van der Waals surface area contributed by atoms with Crippen LogP contribution < -0.4 is 14.8 Å². The predicted octanol–water partition coefficient (Wildman–Crippen LogP) is 4.88. The maximum absolute atomic E-state index is 12.9. The summed E-state index contributed by atoms with van der Waals surface area (Å²) in [6, 6.07) is 19.0. The van der Waals surface area contributed by atoms with E-state index >= 15 is 0 Å². The van der Waals surface area contributed by atoms with Gasteiger partial charge in [0.25, 0.3) is 11.8 Å². The highest BCUT2D eigenvalue weighted by atomic mass is 35.5. The molecule has 3 aromatic carbocycles. The second kappa shape index (κ2) is 10.00. The number of halogens is 1. The number of amides is 2. The number of hydrogen-bond acceptors (Lipinski definition) is 4. The molecule has 0 aliphatic rings. The van der Waals surface area contributed by atoms with Crippen molar-refractivity contribution in [3.8, 4) is 11.5 Å². The number of hydrogen-bond donors (Lipinski definition) is 1. The summed E-state index contributed by atoms with van der Waals surface area (Å²) in [7, 11) is 4.81. The van der Waals surface area contributed by atoms with Gasteiger partial charge in [-0.15, -0.1) is 0 Å². The van der Waals surface area contributed by atoms with Crippen LogP contribution in [0.4, 0.5) is 5.69 Å². The molecule has 0 aromatic heterocycles. The van der Waals surface area contributed by atoms with Gasteiger partial charge in [0.2, 0.25) is 0 Å². The maximum Gasteiger partial charge on any atom is 0.255 e. The maximum atomic E-state index is 12.9. The minimum atomic E-state index is -0.307. The van der Waals surface area contributed by atoms with E-state index in [2.05, 4.69) is 5.32 Å². The van der Waals surface area contributed by atoms with E-state index in [4.69, 9.17) is 21.1 Å². The van der Waals surface area contributed by atoms with Gasteiger partial charge in [-0.2, -0.15) is 0 Å². The second-order valence-electron chi connectivity index (χ2n) is 6.85. The van der Waals surface area contributed by atoms with Crippen molar-refractivity contribution in [2.45, 2.75) is 6.54 Å². The molecule has 0 heterocycles. The molecule has 160 valence electrons. The van der Waals surface area contributed by atoms with Crippen molar-refractivity contribution in [3.05, 3.63) is 88.4 Å². The molecule has 0 saturated carbocycles. The first-order valence-corrected chi connectivity index (χ1v) is 9.93. The van der Waals surface area contributed by atoms with E-state index < -0.39 is 0 Å². The second-order valence-corrected chi connectivity index (χ2v) is 7.26. The Bertz CT molecular complexity index is 1080. The van der Waals surface area contributed by atoms with E-state index in [1.54, 1.807) is 86.8 Å². The molecule has 2 amide bonds. The van der Waals surface area contributed by atoms with Crippen LogP contribution in [0.15, 0.2) is 66.7 Å². The van der Waals surface area contributed by atoms with E-state index in [1.807, 2.05) is 6.07 Å². The highest BCUT2D eigenvalue weighted by Gasteiger charge is 2.17. The lowest BCUT2D eigenvalue weighted by atomic mass is 10.1. The van der Waals surface area contributed by atoms with Gasteiger partial charge in [0.15, 0.2) is 0 Å². The van der Waals surface area contributed by atoms with Gasteiger partial charge in [0, 0.05) is 24.7 Å². The minimum Gasteiger partial charge on any atom is -0.497 e. The molecular weight excluding hydrogens is 416 g/mol. The SMILES string of the molecule is COc1ccc(C(=O)Nc2c(Cl)cccc2CN(C)C(=O)c2cccc(OC)c2)cc1. The van der Waals surface area contributed by atoms with E-state index in [0.717, 1.165) is 0 Å². The Morgan fingerprint density at radius 3 is 2.26 bits per heavy atom. The third kappa shape index (κ3) is 5.35. The minimum absolute atomic E-state index is 0.175. The first-order valence-electron chi connectivity index (χ1n) is 9.55. The first-order chi connectivity index (χ1) is 14.9. The van der Waals surface area contributed by atoms with Crippen LogP contribution in [0, 0.1) is 0 Å². The molecule has 3 rings (SSSR count). The van der Waals surface area contributed by atoms with Crippen LogP contribution in [0.2, 0.25) is 5.02 Å². The van der Waals surface area contributed by atoms with Gasteiger partial charge in [-0.05, 0) is 54.1 Å². The Morgan fingerprint density at radius 1 is 0.903 bits per heavy atom. The standard InChI is InChI=1S/C24H23ClN2O4/c1-27(24(29)17-6-4-8-20(14-17)31-3)15-18-7-5-9-21(25)22(18)26-23(28)16-10-12-19(30-2)13-11-16/h4-14H,15H2,1-3H3,(H,26,28). The number of ether oxygens (including phenoxy) is 2. The quantitative estimate of drug-likeness (QED) is 0.570. The molecule has 3 aromatic rings. The molecule has 0 radical (unpaired) electrons. The molecule has 0 bridgehead atoms. The summed E-state index contributed by atoms with van der Waals surface area (Å²) < 4.78 is 10.3. The van der Waals surface area contributed by atoms with Crippen LogP contribution in [0.1, 0.15) is 26.3 Å². The molecule has 0 aliphatic carbocycles. The summed E-state index contributed by atoms with van der Waals surface area (Å²) in [6.07, 6.45) is 0. The van der Waals surface area contributed by atoms with Crippen molar-refractivity contribution in [1.82, 2.24) is 4.90 Å². The fourth-order valence-electron chi connectivity index (χ4n) is 3.07. The zero-order valence-electron chi connectivity index (χ0n) is 17.5. The summed E-state index contributed by atoms with van der Waals surface area (Å²) in [4.78, 5) is 27.1. The number of carbonyl (C=O) groups excluding carboxylic acids is 2. The van der Waals surface area contributed by atoms with E-state index in [1.165, 1.54) is 0 Å². The lowest BCUT2D eigenvalue weighted by Crippen LogP contribution is -2.27. The fraction of sp³-hybridized carbons (Fsp3) is 0.167.